The number of carbonyl (C=O) groups excluding carboxylic acids is 2. The van der Waals surface area contributed by atoms with Crippen molar-refractivity contribution in [1.82, 2.24) is 9.78 Å². The van der Waals surface area contributed by atoms with Crippen molar-refractivity contribution in [1.29, 1.82) is 5.26 Å². The Morgan fingerprint density at radius 1 is 1.26 bits per heavy atom. The van der Waals surface area contributed by atoms with Crippen LogP contribution >= 0.6 is 0 Å². The highest BCUT2D eigenvalue weighted by Crippen LogP contribution is 2.28. The van der Waals surface area contributed by atoms with E-state index in [0.29, 0.717) is 29.0 Å². The zero-order valence-electron chi connectivity index (χ0n) is 18.5. The number of benzene rings is 2. The summed E-state index contributed by atoms with van der Waals surface area (Å²) in [5, 5.41) is 15.9. The minimum absolute atomic E-state index is 0.0629. The molecule has 1 aliphatic rings. The van der Waals surface area contributed by atoms with E-state index in [0.717, 1.165) is 0 Å². The molecule has 2 amide bonds. The summed E-state index contributed by atoms with van der Waals surface area (Å²) in [5.74, 6) is -0.963. The molecule has 0 spiro atoms. The summed E-state index contributed by atoms with van der Waals surface area (Å²) in [4.78, 5) is 27.9. The second kappa shape index (κ2) is 9.60. The molecule has 0 saturated heterocycles. The Kier molecular flexibility index (Phi) is 6.57. The number of ether oxygens (including phenoxy) is 1. The molecule has 0 unspecified atom stereocenters. The topological polar surface area (TPSA) is 100 Å². The fraction of sp³-hybridized carbons (Fsp3) is 0.250. The van der Waals surface area contributed by atoms with E-state index in [-0.39, 0.29) is 23.7 Å². The van der Waals surface area contributed by atoms with Crippen molar-refractivity contribution in [2.45, 2.75) is 32.3 Å². The number of hydrogen-bond acceptors (Lipinski definition) is 5. The zero-order valence-corrected chi connectivity index (χ0v) is 18.5. The van der Waals surface area contributed by atoms with Crippen LogP contribution in [-0.4, -0.2) is 40.6 Å². The highest BCUT2D eigenvalue weighted by atomic mass is 19.4. The second-order valence-electron chi connectivity index (χ2n) is 7.97. The lowest BCUT2D eigenvalue weighted by atomic mass is 10.1. The molecule has 11 heteroatoms. The number of alkyl halides is 3. The molecule has 35 heavy (non-hydrogen) atoms. The van der Waals surface area contributed by atoms with Crippen LogP contribution in [0.1, 0.15) is 38.9 Å². The lowest BCUT2D eigenvalue weighted by molar-refractivity contribution is -0.324. The maximum atomic E-state index is 13.4. The van der Waals surface area contributed by atoms with E-state index in [1.807, 2.05) is 13.0 Å². The number of rotatable bonds is 6. The second-order valence-corrected chi connectivity index (χ2v) is 7.97. The SMILES string of the molecule is C[C@H]1Cn2ncc(C(=O)Nc3cccc(C#N)c3)c2C(=O)N1c1ccc(CCOC(F)(F)F)cc1. The average molecular weight is 483 g/mol. The van der Waals surface area contributed by atoms with E-state index >= 15 is 0 Å². The highest BCUT2D eigenvalue weighted by molar-refractivity contribution is 6.15. The van der Waals surface area contributed by atoms with Gasteiger partial charge in [0.05, 0.1) is 42.6 Å². The van der Waals surface area contributed by atoms with Crippen LogP contribution in [0.5, 0.6) is 0 Å². The van der Waals surface area contributed by atoms with Gasteiger partial charge in [-0.15, -0.1) is 13.2 Å². The number of nitrogens with one attached hydrogen (secondary N) is 1. The van der Waals surface area contributed by atoms with Crippen molar-refractivity contribution in [3.05, 3.63) is 77.1 Å². The Bertz CT molecular complexity index is 1290. The number of nitrogens with zero attached hydrogens (tertiary/aromatic N) is 4. The molecule has 0 radical (unpaired) electrons. The molecule has 180 valence electrons. The van der Waals surface area contributed by atoms with Crippen LogP contribution in [0.3, 0.4) is 0 Å². The van der Waals surface area contributed by atoms with E-state index in [4.69, 9.17) is 5.26 Å². The van der Waals surface area contributed by atoms with Gasteiger partial charge in [-0.05, 0) is 49.2 Å². The zero-order chi connectivity index (χ0) is 25.2. The number of fused-ring (bicyclic) bond motifs is 1. The maximum absolute atomic E-state index is 13.4. The molecule has 1 aliphatic heterocycles. The molecule has 3 aromatic rings. The molecular formula is C24H20F3N5O3. The van der Waals surface area contributed by atoms with Crippen molar-refractivity contribution in [2.75, 3.05) is 16.8 Å². The quantitative estimate of drug-likeness (QED) is 0.568. The van der Waals surface area contributed by atoms with Crippen molar-refractivity contribution in [3.63, 3.8) is 0 Å². The summed E-state index contributed by atoms with van der Waals surface area (Å²) in [6.45, 7) is 1.68. The third-order valence-electron chi connectivity index (χ3n) is 5.50. The number of anilines is 2. The first kappa shape index (κ1) is 24.0. The summed E-state index contributed by atoms with van der Waals surface area (Å²) < 4.78 is 41.8. The van der Waals surface area contributed by atoms with Gasteiger partial charge in [0.25, 0.3) is 11.8 Å². The smallest absolute Gasteiger partial charge is 0.322 e. The fourth-order valence-electron chi connectivity index (χ4n) is 3.91. The number of nitriles is 1. The number of carbonyl (C=O) groups is 2. The third kappa shape index (κ3) is 5.33. The van der Waals surface area contributed by atoms with Crippen LogP contribution in [-0.2, 0) is 17.7 Å². The molecule has 4 rings (SSSR count). The lowest BCUT2D eigenvalue weighted by Crippen LogP contribution is -2.47. The summed E-state index contributed by atoms with van der Waals surface area (Å²) in [5.41, 5.74) is 2.18. The van der Waals surface area contributed by atoms with Crippen molar-refractivity contribution in [3.8, 4) is 6.07 Å². The van der Waals surface area contributed by atoms with Gasteiger partial charge in [-0.25, -0.2) is 0 Å². The normalized spacial score (nSPS) is 15.5. The van der Waals surface area contributed by atoms with E-state index < -0.39 is 24.8 Å². The van der Waals surface area contributed by atoms with Gasteiger partial charge in [-0.1, -0.05) is 18.2 Å². The third-order valence-corrected chi connectivity index (χ3v) is 5.50. The van der Waals surface area contributed by atoms with Crippen LogP contribution in [0.15, 0.2) is 54.7 Å². The van der Waals surface area contributed by atoms with Crippen LogP contribution in [0.4, 0.5) is 24.5 Å². The van der Waals surface area contributed by atoms with Crippen LogP contribution in [0.2, 0.25) is 0 Å². The van der Waals surface area contributed by atoms with Gasteiger partial charge in [0.15, 0.2) is 0 Å². The van der Waals surface area contributed by atoms with Gasteiger partial charge in [0, 0.05) is 11.4 Å². The predicted molar refractivity (Wildman–Crippen MR) is 120 cm³/mol. The van der Waals surface area contributed by atoms with Gasteiger partial charge < -0.3 is 10.2 Å². The molecule has 1 aromatic heterocycles. The minimum Gasteiger partial charge on any atom is -0.322 e. The van der Waals surface area contributed by atoms with Crippen molar-refractivity contribution < 1.29 is 27.5 Å². The largest absolute Gasteiger partial charge is 0.522 e. The molecule has 1 N–H and O–H groups in total. The van der Waals surface area contributed by atoms with Crippen LogP contribution in [0, 0.1) is 11.3 Å². The average Bonchev–Trinajstić information content (AvgIpc) is 3.23. The minimum atomic E-state index is -4.68. The molecule has 2 aromatic carbocycles. The Morgan fingerprint density at radius 3 is 2.69 bits per heavy atom. The van der Waals surface area contributed by atoms with E-state index in [2.05, 4.69) is 15.2 Å². The summed E-state index contributed by atoms with van der Waals surface area (Å²) in [6, 6.07) is 14.7. The van der Waals surface area contributed by atoms with Gasteiger partial charge >= 0.3 is 6.36 Å². The van der Waals surface area contributed by atoms with E-state index in [1.54, 1.807) is 42.5 Å². The molecule has 8 nitrogen and oxygen atoms in total. The van der Waals surface area contributed by atoms with Gasteiger partial charge in [-0.3, -0.25) is 19.0 Å². The fourth-order valence-corrected chi connectivity index (χ4v) is 3.91. The van der Waals surface area contributed by atoms with Crippen LogP contribution < -0.4 is 10.2 Å². The first-order valence-corrected chi connectivity index (χ1v) is 10.7. The van der Waals surface area contributed by atoms with E-state index in [1.165, 1.54) is 21.8 Å². The Morgan fingerprint density at radius 2 is 2.00 bits per heavy atom. The Labute approximate surface area is 198 Å². The first-order valence-electron chi connectivity index (χ1n) is 10.7. The molecule has 1 atom stereocenters. The lowest BCUT2D eigenvalue weighted by Gasteiger charge is -2.34. The molecule has 2 heterocycles. The monoisotopic (exact) mass is 483 g/mol. The molecule has 0 saturated carbocycles. The molecular weight excluding hydrogens is 463 g/mol. The van der Waals surface area contributed by atoms with Crippen LogP contribution in [0.25, 0.3) is 0 Å². The molecule has 0 aliphatic carbocycles. The summed E-state index contributed by atoms with van der Waals surface area (Å²) in [7, 11) is 0. The number of aromatic nitrogens is 2. The standard InChI is InChI=1S/C24H20F3N5O3/c1-15-14-31-21(20(13-29-31)22(33)30-18-4-2-3-17(11-18)12-28)23(34)32(15)19-7-5-16(6-8-19)9-10-35-24(25,26)27/h2-8,11,13,15H,9-10,14H2,1H3,(H,30,33)/t15-/m0/s1. The van der Waals surface area contributed by atoms with Crippen molar-refractivity contribution >= 4 is 23.2 Å². The number of halogens is 3. The predicted octanol–water partition coefficient (Wildman–Crippen LogP) is 4.13. The first-order chi connectivity index (χ1) is 16.7. The van der Waals surface area contributed by atoms with Gasteiger partial charge in [0.2, 0.25) is 0 Å². The Hall–Kier alpha value is -4.17. The Balaban J connectivity index is 1.53. The maximum Gasteiger partial charge on any atom is 0.522 e. The number of amides is 2. The molecule has 0 bridgehead atoms. The van der Waals surface area contributed by atoms with Gasteiger partial charge in [0.1, 0.15) is 5.69 Å². The number of hydrogen-bond donors (Lipinski definition) is 1. The van der Waals surface area contributed by atoms with Gasteiger partial charge in [-0.2, -0.15) is 10.4 Å². The summed E-state index contributed by atoms with van der Waals surface area (Å²) >= 11 is 0. The highest BCUT2D eigenvalue weighted by Gasteiger charge is 2.36. The van der Waals surface area contributed by atoms with Crippen molar-refractivity contribution in [2.24, 2.45) is 0 Å². The summed E-state index contributed by atoms with van der Waals surface area (Å²) in [6.07, 6.45) is -3.29. The molecule has 0 fully saturated rings. The van der Waals surface area contributed by atoms with E-state index in [9.17, 15) is 22.8 Å².